The van der Waals surface area contributed by atoms with Crippen LogP contribution in [0.2, 0.25) is 0 Å². The second-order valence-corrected chi connectivity index (χ2v) is 13.8. The minimum absolute atomic E-state index is 0.0764. The van der Waals surface area contributed by atoms with Crippen molar-refractivity contribution in [2.24, 2.45) is 4.99 Å². The number of aromatic nitrogens is 2. The van der Waals surface area contributed by atoms with Crippen LogP contribution < -0.4 is 5.69 Å². The molecule has 0 saturated carbocycles. The zero-order chi connectivity index (χ0) is 33.0. The molecule has 0 spiro atoms. The summed E-state index contributed by atoms with van der Waals surface area (Å²) >= 11 is 0. The number of rotatable bonds is 24. The van der Waals surface area contributed by atoms with E-state index in [2.05, 4.69) is 16.9 Å². The Kier molecular flexibility index (Phi) is 18.6. The number of morpholine rings is 1. The number of phosphoric ester groups is 1. The lowest BCUT2D eigenvalue weighted by molar-refractivity contribution is -0.0551. The van der Waals surface area contributed by atoms with E-state index in [1.54, 1.807) is 6.34 Å². The number of ether oxygens (including phenoxy) is 2. The smallest absolute Gasteiger partial charge is 0.387 e. The first-order valence-electron chi connectivity index (χ1n) is 17.4. The Hall–Kier alpha value is -1.70. The van der Waals surface area contributed by atoms with Crippen molar-refractivity contribution in [1.29, 1.82) is 0 Å². The summed E-state index contributed by atoms with van der Waals surface area (Å²) < 4.78 is 34.4. The number of hydrogen-bond donors (Lipinski definition) is 3. The van der Waals surface area contributed by atoms with Crippen LogP contribution in [0, 0.1) is 0 Å². The number of aliphatic imine (C=N–C) groups is 1. The van der Waals surface area contributed by atoms with Gasteiger partial charge in [0.05, 0.1) is 32.8 Å². The molecule has 0 bridgehead atoms. The van der Waals surface area contributed by atoms with Crippen molar-refractivity contribution >= 4 is 20.0 Å². The quantitative estimate of drug-likeness (QED) is 0.0569. The lowest BCUT2D eigenvalue weighted by atomic mass is 10.0. The molecule has 3 heterocycles. The molecule has 2 aliphatic rings. The average molecular weight is 673 g/mol. The van der Waals surface area contributed by atoms with E-state index in [0.717, 1.165) is 23.8 Å². The molecular formula is C32H57N4O9P. The third-order valence-corrected chi connectivity index (χ3v) is 9.46. The third kappa shape index (κ3) is 14.6. The van der Waals surface area contributed by atoms with E-state index in [-0.39, 0.29) is 12.4 Å². The van der Waals surface area contributed by atoms with Gasteiger partial charge in [-0.15, -0.1) is 0 Å². The van der Waals surface area contributed by atoms with Crippen LogP contribution in [-0.4, -0.2) is 93.7 Å². The number of nitrogens with zero attached hydrogens (tertiary/aromatic N) is 4. The first kappa shape index (κ1) is 38.7. The third-order valence-electron chi connectivity index (χ3n) is 8.48. The Morgan fingerprint density at radius 3 is 2.04 bits per heavy atom. The van der Waals surface area contributed by atoms with Gasteiger partial charge in [-0.3, -0.25) is 13.6 Å². The van der Waals surface area contributed by atoms with Crippen LogP contribution in [-0.2, 0) is 23.1 Å². The maximum atomic E-state index is 12.6. The first-order valence-corrected chi connectivity index (χ1v) is 18.9. The van der Waals surface area contributed by atoms with E-state index in [4.69, 9.17) is 18.5 Å². The largest absolute Gasteiger partial charge is 0.472 e. The maximum Gasteiger partial charge on any atom is 0.472 e. The molecule has 2 fully saturated rings. The molecule has 2 aliphatic heterocycles. The van der Waals surface area contributed by atoms with Crippen molar-refractivity contribution in [1.82, 2.24) is 14.5 Å². The fourth-order valence-corrected chi connectivity index (χ4v) is 6.40. The monoisotopic (exact) mass is 672 g/mol. The van der Waals surface area contributed by atoms with Gasteiger partial charge in [-0.05, 0) is 12.5 Å². The second-order valence-electron chi connectivity index (χ2n) is 12.3. The molecule has 2 saturated heterocycles. The lowest BCUT2D eigenvalue weighted by Gasteiger charge is -2.24. The molecule has 0 amide bonds. The summed E-state index contributed by atoms with van der Waals surface area (Å²) in [4.78, 5) is 32.8. The zero-order valence-electron chi connectivity index (χ0n) is 27.6. The fourth-order valence-electron chi connectivity index (χ4n) is 5.63. The second kappa shape index (κ2) is 22.0. The van der Waals surface area contributed by atoms with Crippen LogP contribution in [0.1, 0.15) is 116 Å². The highest BCUT2D eigenvalue weighted by Gasteiger charge is 2.45. The molecule has 0 aliphatic carbocycles. The molecule has 1 unspecified atom stereocenters. The van der Waals surface area contributed by atoms with E-state index in [1.165, 1.54) is 89.3 Å². The molecular weight excluding hydrogens is 615 g/mol. The number of phosphoric acid groups is 1. The van der Waals surface area contributed by atoms with Crippen molar-refractivity contribution in [3.63, 3.8) is 0 Å². The number of hydrogen-bond acceptors (Lipinski definition) is 10. The first-order chi connectivity index (χ1) is 22.3. The van der Waals surface area contributed by atoms with E-state index in [9.17, 15) is 24.5 Å². The van der Waals surface area contributed by atoms with E-state index >= 15 is 0 Å². The Morgan fingerprint density at radius 1 is 0.913 bits per heavy atom. The van der Waals surface area contributed by atoms with Gasteiger partial charge in [-0.25, -0.2) is 14.4 Å². The van der Waals surface area contributed by atoms with Crippen molar-refractivity contribution in [3.8, 4) is 0 Å². The van der Waals surface area contributed by atoms with Gasteiger partial charge in [0.25, 0.3) is 0 Å². The summed E-state index contributed by atoms with van der Waals surface area (Å²) in [6, 6.07) is 1.49. The van der Waals surface area contributed by atoms with Gasteiger partial charge in [-0.2, -0.15) is 4.98 Å². The summed E-state index contributed by atoms with van der Waals surface area (Å²) in [5.74, 6) is 0.184. The predicted octanol–water partition coefficient (Wildman–Crippen LogP) is 5.25. The van der Waals surface area contributed by atoms with E-state index < -0.39 is 44.7 Å². The van der Waals surface area contributed by atoms with Gasteiger partial charge in [0, 0.05) is 19.3 Å². The molecule has 264 valence electrons. The number of aliphatic hydroxyl groups excluding tert-OH is 2. The molecule has 46 heavy (non-hydrogen) atoms. The summed E-state index contributed by atoms with van der Waals surface area (Å²) in [7, 11) is -4.39. The molecule has 14 heteroatoms. The molecule has 5 atom stereocenters. The minimum atomic E-state index is -4.39. The van der Waals surface area contributed by atoms with E-state index in [1.807, 2.05) is 4.90 Å². The van der Waals surface area contributed by atoms with Crippen LogP contribution in [0.5, 0.6) is 0 Å². The predicted molar refractivity (Wildman–Crippen MR) is 176 cm³/mol. The van der Waals surface area contributed by atoms with Crippen LogP contribution in [0.4, 0.5) is 5.82 Å². The lowest BCUT2D eigenvalue weighted by Crippen LogP contribution is -2.36. The Morgan fingerprint density at radius 2 is 1.48 bits per heavy atom. The summed E-state index contributed by atoms with van der Waals surface area (Å²) in [5.41, 5.74) is -0.732. The van der Waals surface area contributed by atoms with Crippen LogP contribution >= 0.6 is 7.82 Å². The van der Waals surface area contributed by atoms with E-state index in [0.29, 0.717) is 32.7 Å². The molecule has 0 radical (unpaired) electrons. The Labute approximate surface area is 273 Å². The Bertz CT molecular complexity index is 1100. The summed E-state index contributed by atoms with van der Waals surface area (Å²) in [6.45, 7) is 4.40. The van der Waals surface area contributed by atoms with Gasteiger partial charge in [0.2, 0.25) is 0 Å². The number of unbranched alkanes of at least 4 members (excludes halogenated alkanes) is 15. The van der Waals surface area contributed by atoms with Crippen molar-refractivity contribution < 1.29 is 38.2 Å². The molecule has 3 rings (SSSR count). The topological polar surface area (TPSA) is 165 Å². The van der Waals surface area contributed by atoms with Gasteiger partial charge in [-0.1, -0.05) is 103 Å². The highest BCUT2D eigenvalue weighted by atomic mass is 31.2. The van der Waals surface area contributed by atoms with Crippen LogP contribution in [0.15, 0.2) is 22.1 Å². The maximum absolute atomic E-state index is 12.6. The van der Waals surface area contributed by atoms with Crippen molar-refractivity contribution in [2.45, 2.75) is 134 Å². The molecule has 0 aromatic carbocycles. The minimum Gasteiger partial charge on any atom is -0.387 e. The van der Waals surface area contributed by atoms with Gasteiger partial charge in [0.15, 0.2) is 12.0 Å². The van der Waals surface area contributed by atoms with Crippen molar-refractivity contribution in [3.05, 3.63) is 22.7 Å². The van der Waals surface area contributed by atoms with Gasteiger partial charge >= 0.3 is 13.5 Å². The normalized spacial score (nSPS) is 23.3. The van der Waals surface area contributed by atoms with Crippen LogP contribution in [0.25, 0.3) is 0 Å². The number of aliphatic hydroxyl groups is 2. The Balaban J connectivity index is 1.24. The summed E-state index contributed by atoms with van der Waals surface area (Å²) in [6.07, 6.45) is 17.3. The molecule has 3 N–H and O–H groups in total. The van der Waals surface area contributed by atoms with Gasteiger partial charge < -0.3 is 29.5 Å². The SMILES string of the molecule is CCCCCCCCCCCCCCCCCCOP(=O)(O)OC[C@H]1O[C@@H](n2ccc(N=CN3CCOCC3)nc2=O)[C@@H](O)[C@@H]1O. The molecule has 1 aromatic heterocycles. The highest BCUT2D eigenvalue weighted by Crippen LogP contribution is 2.44. The van der Waals surface area contributed by atoms with Gasteiger partial charge in [0.1, 0.15) is 18.3 Å². The molecule has 1 aromatic rings. The average Bonchev–Trinajstić information content (AvgIpc) is 3.33. The summed E-state index contributed by atoms with van der Waals surface area (Å²) in [5, 5.41) is 21.0. The molecule has 13 nitrogen and oxygen atoms in total. The van der Waals surface area contributed by atoms with Crippen LogP contribution in [0.3, 0.4) is 0 Å². The zero-order valence-corrected chi connectivity index (χ0v) is 28.5. The highest BCUT2D eigenvalue weighted by molar-refractivity contribution is 7.47. The van der Waals surface area contributed by atoms with Crippen molar-refractivity contribution in [2.75, 3.05) is 39.5 Å². The standard InChI is InChI=1S/C32H57N4O9P/c1-2-3-4-5-6-7-8-9-10-11-12-13-14-15-16-17-22-43-46(40,41)44-25-27-29(37)30(38)31(45-27)36-19-18-28(34-32(36)39)33-26-35-20-23-42-24-21-35/h18-19,26-27,29-31,37-38H,2-17,20-25H2,1H3,(H,40,41)/t27-,29-,30+,31-/m1/s1. The fraction of sp³-hybridized carbons (Fsp3) is 0.844.